The first kappa shape index (κ1) is 60.3. The normalized spacial score (nSPS) is 9.63. The van der Waals surface area contributed by atoms with Crippen molar-refractivity contribution in [3.05, 3.63) is 0 Å². The lowest BCUT2D eigenvalue weighted by Crippen LogP contribution is -2.42. The number of aliphatic hydroxyl groups is 1. The first-order valence-electron chi connectivity index (χ1n) is 14.2. The van der Waals surface area contributed by atoms with E-state index in [0.717, 1.165) is 12.8 Å². The first-order chi connectivity index (χ1) is 24.3. The van der Waals surface area contributed by atoms with Crippen molar-refractivity contribution in [1.82, 2.24) is 0 Å². The zero-order chi connectivity index (χ0) is 44.3. The molecule has 0 amide bonds. The molecule has 0 aromatic rings. The standard InChI is InChI=1S/C8H14O4.C6H8O7.C6H10O4.C4H6O4.C2H2O4.H3O4P/c9-7(10)5-3-1-2-4-6-8(11)12;7-3(8)1-6(13,5(11)12)2-4(9)10;7-5(8)3-1-2-4-6(9)10;5-3(6)1-2-4(7)8;3-1(4)2(5)6;1-5(2,3)4/h1-6H2,(H,9,10)(H,11,12);13H,1-2H2,(H,7,8)(H,9,10)(H,11,12);1-4H2,(H,7,8)(H,9,10);1-2H2,(H,5,6)(H,7,8);(H,3,4)(H,5,6);(H3,1,2,3,4). The Morgan fingerprint density at radius 3 is 0.667 bits per heavy atom. The number of hydrogen-bond donors (Lipinski definition) is 15. The Kier molecular flexibility index (Phi) is 39.8. The van der Waals surface area contributed by atoms with Crippen molar-refractivity contribution in [1.29, 1.82) is 0 Å². The molecule has 0 saturated carbocycles. The molecule has 0 saturated heterocycles. The summed E-state index contributed by atoms with van der Waals surface area (Å²) in [4.78, 5) is 129. The average molecular weight is 819 g/mol. The van der Waals surface area contributed by atoms with Crippen molar-refractivity contribution in [3.63, 3.8) is 0 Å². The van der Waals surface area contributed by atoms with Crippen LogP contribution < -0.4 is 0 Å². The Labute approximate surface area is 302 Å². The van der Waals surface area contributed by atoms with Crippen molar-refractivity contribution in [3.8, 4) is 0 Å². The SMILES string of the molecule is O=C(O)C(=O)O.O=C(O)CC(O)(CC(=O)O)C(=O)O.O=C(O)CCC(=O)O.O=C(O)CCCCC(=O)O.O=C(O)CCCCCCC(=O)O.O=P(O)(O)O. The second-order valence-corrected chi connectivity index (χ2v) is 10.6. The second kappa shape index (κ2) is 35.6. The Bertz CT molecular complexity index is 1180. The van der Waals surface area contributed by atoms with Crippen LogP contribution in [0, 0.1) is 0 Å². The van der Waals surface area contributed by atoms with Crippen molar-refractivity contribution >= 4 is 73.5 Å². The molecule has 0 rings (SSSR count). The maximum absolute atomic E-state index is 10.3. The van der Waals surface area contributed by atoms with Crippen LogP contribution in [0.1, 0.15) is 89.9 Å². The van der Waals surface area contributed by atoms with Crippen LogP contribution in [0.3, 0.4) is 0 Å². The number of carbonyl (C=O) groups is 11. The minimum atomic E-state index is -4.64. The minimum absolute atomic E-state index is 0.0628. The molecule has 0 radical (unpaired) electrons. The molecular weight excluding hydrogens is 775 g/mol. The molecule has 27 nitrogen and oxygen atoms in total. The van der Waals surface area contributed by atoms with Gasteiger partial charge in [0, 0.05) is 25.7 Å². The lowest BCUT2D eigenvalue weighted by Gasteiger charge is -2.18. The topological polar surface area (TPSA) is 508 Å². The van der Waals surface area contributed by atoms with E-state index in [0.29, 0.717) is 25.7 Å². The van der Waals surface area contributed by atoms with Crippen molar-refractivity contribution < 1.29 is 133 Å². The van der Waals surface area contributed by atoms with Gasteiger partial charge in [0.1, 0.15) is 0 Å². The van der Waals surface area contributed by atoms with Crippen molar-refractivity contribution in [2.45, 2.75) is 95.5 Å². The number of hydrogen-bond acceptors (Lipinski definition) is 13. The molecule has 0 aliphatic rings. The van der Waals surface area contributed by atoms with Gasteiger partial charge < -0.3 is 76.0 Å². The average Bonchev–Trinajstić information content (AvgIpc) is 2.95. The summed E-state index contributed by atoms with van der Waals surface area (Å²) in [5, 5.41) is 97.2. The Hall–Kier alpha value is -5.76. The maximum Gasteiger partial charge on any atom is 0.466 e. The summed E-state index contributed by atoms with van der Waals surface area (Å²) in [6, 6.07) is 0. The van der Waals surface area contributed by atoms with Gasteiger partial charge in [0.15, 0.2) is 5.60 Å². The zero-order valence-electron chi connectivity index (χ0n) is 28.0. The van der Waals surface area contributed by atoms with Gasteiger partial charge in [0.2, 0.25) is 0 Å². The molecule has 0 spiro atoms. The highest BCUT2D eigenvalue weighted by Gasteiger charge is 2.40. The zero-order valence-corrected chi connectivity index (χ0v) is 28.8. The molecule has 28 heteroatoms. The summed E-state index contributed by atoms with van der Waals surface area (Å²) in [6.07, 6.45) is 1.42. The Morgan fingerprint density at radius 2 is 0.537 bits per heavy atom. The minimum Gasteiger partial charge on any atom is -0.481 e. The molecule has 0 aromatic carbocycles. The Morgan fingerprint density at radius 1 is 0.352 bits per heavy atom. The lowest BCUT2D eigenvalue weighted by molar-refractivity contribution is -0.170. The van der Waals surface area contributed by atoms with Gasteiger partial charge in [-0.2, -0.15) is 0 Å². The molecule has 0 fully saturated rings. The molecular formula is C26H43O27P. The van der Waals surface area contributed by atoms with Gasteiger partial charge in [-0.25, -0.2) is 18.9 Å². The van der Waals surface area contributed by atoms with Crippen LogP contribution in [0.25, 0.3) is 0 Å². The van der Waals surface area contributed by atoms with E-state index in [9.17, 15) is 43.2 Å². The van der Waals surface area contributed by atoms with E-state index in [1.807, 2.05) is 0 Å². The Balaban J connectivity index is -0.000000132. The predicted molar refractivity (Wildman–Crippen MR) is 168 cm³/mol. The number of phosphoric acid groups is 1. The van der Waals surface area contributed by atoms with E-state index in [1.165, 1.54) is 0 Å². The summed E-state index contributed by atoms with van der Waals surface area (Å²) >= 11 is 0. The summed E-state index contributed by atoms with van der Waals surface area (Å²) in [7, 11) is -4.64. The molecule has 0 bridgehead atoms. The third-order valence-electron chi connectivity index (χ3n) is 4.58. The molecule has 15 N–H and O–H groups in total. The van der Waals surface area contributed by atoms with Gasteiger partial charge in [-0.3, -0.25) is 38.4 Å². The molecule has 0 aromatic heterocycles. The highest BCUT2D eigenvalue weighted by molar-refractivity contribution is 7.45. The number of carboxylic acids is 11. The molecule has 0 unspecified atom stereocenters. The number of aliphatic carboxylic acids is 11. The molecule has 314 valence electrons. The van der Waals surface area contributed by atoms with E-state index < -0.39 is 91.9 Å². The van der Waals surface area contributed by atoms with Gasteiger partial charge in [-0.1, -0.05) is 12.8 Å². The van der Waals surface area contributed by atoms with Crippen molar-refractivity contribution in [2.24, 2.45) is 0 Å². The number of rotatable bonds is 20. The molecule has 0 aliphatic carbocycles. The summed E-state index contributed by atoms with van der Waals surface area (Å²) in [5.41, 5.74) is -2.74. The number of unbranched alkanes of at least 4 members (excludes halogenated alkanes) is 4. The van der Waals surface area contributed by atoms with E-state index in [1.54, 1.807) is 0 Å². The highest BCUT2D eigenvalue weighted by atomic mass is 31.2. The summed E-state index contributed by atoms with van der Waals surface area (Å²) < 4.78 is 8.88. The molecule has 0 heterocycles. The van der Waals surface area contributed by atoms with Crippen LogP contribution in [-0.4, -0.2) is 147 Å². The van der Waals surface area contributed by atoms with Gasteiger partial charge in [0.25, 0.3) is 0 Å². The quantitative estimate of drug-likeness (QED) is 0.0403. The van der Waals surface area contributed by atoms with Gasteiger partial charge in [-0.15, -0.1) is 0 Å². The fraction of sp³-hybridized carbons (Fsp3) is 0.577. The fourth-order valence-electron chi connectivity index (χ4n) is 2.39. The first-order valence-corrected chi connectivity index (χ1v) is 15.8. The third-order valence-corrected chi connectivity index (χ3v) is 4.58. The monoisotopic (exact) mass is 818 g/mol. The molecule has 0 aliphatic heterocycles. The van der Waals surface area contributed by atoms with Crippen LogP contribution in [0.5, 0.6) is 0 Å². The van der Waals surface area contributed by atoms with Crippen LogP contribution in [-0.2, 0) is 57.3 Å². The van der Waals surface area contributed by atoms with E-state index in [2.05, 4.69) is 0 Å². The van der Waals surface area contributed by atoms with Crippen LogP contribution in [0.15, 0.2) is 0 Å². The maximum atomic E-state index is 10.3. The largest absolute Gasteiger partial charge is 0.481 e. The molecule has 54 heavy (non-hydrogen) atoms. The van der Waals surface area contributed by atoms with Crippen molar-refractivity contribution in [2.75, 3.05) is 0 Å². The molecule has 0 atom stereocenters. The summed E-state index contributed by atoms with van der Waals surface area (Å²) in [6.45, 7) is 0. The van der Waals surface area contributed by atoms with Crippen LogP contribution in [0.2, 0.25) is 0 Å². The summed E-state index contributed by atoms with van der Waals surface area (Å²) in [5.74, 6) is -14.1. The van der Waals surface area contributed by atoms with Crippen LogP contribution in [0.4, 0.5) is 0 Å². The lowest BCUT2D eigenvalue weighted by atomic mass is 9.96. The van der Waals surface area contributed by atoms with E-state index >= 15 is 0 Å². The number of carboxylic acid groups (broad SMARTS) is 11. The smallest absolute Gasteiger partial charge is 0.466 e. The van der Waals surface area contributed by atoms with Gasteiger partial charge in [-0.05, 0) is 25.7 Å². The third kappa shape index (κ3) is 76.2. The predicted octanol–water partition coefficient (Wildman–Crippen LogP) is -0.873. The second-order valence-electron chi connectivity index (χ2n) is 9.59. The van der Waals surface area contributed by atoms with E-state index in [4.69, 9.17) is 90.1 Å². The van der Waals surface area contributed by atoms with Gasteiger partial charge >= 0.3 is 73.5 Å². The van der Waals surface area contributed by atoms with Gasteiger partial charge in [0.05, 0.1) is 25.7 Å². The fourth-order valence-corrected chi connectivity index (χ4v) is 2.39. The van der Waals surface area contributed by atoms with Crippen LogP contribution >= 0.6 is 7.82 Å². The van der Waals surface area contributed by atoms with E-state index in [-0.39, 0.29) is 38.5 Å². The highest BCUT2D eigenvalue weighted by Crippen LogP contribution is 2.25.